The zero-order chi connectivity index (χ0) is 24.1. The molecule has 176 valence electrons. The van der Waals surface area contributed by atoms with Gasteiger partial charge in [-0.2, -0.15) is 5.10 Å². The van der Waals surface area contributed by atoms with Gasteiger partial charge in [0.1, 0.15) is 11.8 Å². The molecular weight excluding hydrogens is 434 g/mol. The lowest BCUT2D eigenvalue weighted by molar-refractivity contribution is -0.123. The molecule has 0 radical (unpaired) electrons. The lowest BCUT2D eigenvalue weighted by Gasteiger charge is -2.20. The van der Waals surface area contributed by atoms with Crippen molar-refractivity contribution < 1.29 is 23.8 Å². The number of rotatable bonds is 8. The highest BCUT2D eigenvalue weighted by Crippen LogP contribution is 2.32. The van der Waals surface area contributed by atoms with Crippen LogP contribution >= 0.6 is 0 Å². The molecule has 34 heavy (non-hydrogen) atoms. The van der Waals surface area contributed by atoms with Gasteiger partial charge in [0.2, 0.25) is 6.79 Å². The van der Waals surface area contributed by atoms with Crippen molar-refractivity contribution >= 4 is 28.8 Å². The van der Waals surface area contributed by atoms with Gasteiger partial charge in [0.15, 0.2) is 11.5 Å². The molecule has 0 aliphatic carbocycles. The molecule has 1 aliphatic heterocycles. The highest BCUT2D eigenvalue weighted by Gasteiger charge is 2.25. The zero-order valence-electron chi connectivity index (χ0n) is 19.3. The first-order valence-corrected chi connectivity index (χ1v) is 11.2. The van der Waals surface area contributed by atoms with E-state index in [-0.39, 0.29) is 18.6 Å². The van der Waals surface area contributed by atoms with Gasteiger partial charge in [-0.05, 0) is 48.6 Å². The lowest BCUT2D eigenvalue weighted by atomic mass is 10.0. The van der Waals surface area contributed by atoms with E-state index in [0.29, 0.717) is 23.7 Å². The third-order valence-corrected chi connectivity index (χ3v) is 5.47. The Bertz CT molecular complexity index is 1240. The van der Waals surface area contributed by atoms with Crippen LogP contribution in [-0.2, 0) is 4.79 Å². The zero-order valence-corrected chi connectivity index (χ0v) is 19.3. The Morgan fingerprint density at radius 2 is 1.82 bits per heavy atom. The maximum absolute atomic E-state index is 12.8. The molecule has 1 heterocycles. The molecule has 0 bridgehead atoms. The molecule has 3 aromatic rings. The predicted octanol–water partition coefficient (Wildman–Crippen LogP) is 3.87. The van der Waals surface area contributed by atoms with Crippen LogP contribution in [0.25, 0.3) is 10.8 Å². The normalized spacial score (nSPS) is 13.3. The summed E-state index contributed by atoms with van der Waals surface area (Å²) in [7, 11) is 0. The summed E-state index contributed by atoms with van der Waals surface area (Å²) in [4.78, 5) is 25.6. The fourth-order valence-corrected chi connectivity index (χ4v) is 3.72. The van der Waals surface area contributed by atoms with Crippen molar-refractivity contribution in [2.24, 2.45) is 11.0 Å². The second-order valence-corrected chi connectivity index (χ2v) is 8.13. The van der Waals surface area contributed by atoms with Crippen LogP contribution in [0.3, 0.4) is 0 Å². The molecular formula is C26H27N3O5. The predicted molar refractivity (Wildman–Crippen MR) is 130 cm³/mol. The Morgan fingerprint density at radius 1 is 1.06 bits per heavy atom. The number of nitrogens with one attached hydrogen (secondary N) is 2. The minimum absolute atomic E-state index is 0.124. The number of hydrogen-bond acceptors (Lipinski definition) is 6. The number of hydrazone groups is 1. The Morgan fingerprint density at radius 3 is 2.59 bits per heavy atom. The van der Waals surface area contributed by atoms with Gasteiger partial charge in [0.25, 0.3) is 11.8 Å². The maximum Gasteiger partial charge on any atom is 0.262 e. The molecule has 3 aromatic carbocycles. The maximum atomic E-state index is 12.8. The summed E-state index contributed by atoms with van der Waals surface area (Å²) in [6, 6.07) is 15.8. The van der Waals surface area contributed by atoms with E-state index >= 15 is 0 Å². The van der Waals surface area contributed by atoms with Crippen molar-refractivity contribution in [2.75, 3.05) is 13.4 Å². The summed E-state index contributed by atoms with van der Waals surface area (Å²) in [5, 5.41) is 8.86. The van der Waals surface area contributed by atoms with Crippen molar-refractivity contribution in [2.45, 2.75) is 26.8 Å². The summed E-state index contributed by atoms with van der Waals surface area (Å²) in [6.45, 7) is 6.35. The largest absolute Gasteiger partial charge is 0.493 e. The first-order valence-electron chi connectivity index (χ1n) is 11.2. The van der Waals surface area contributed by atoms with Crippen LogP contribution in [0.15, 0.2) is 59.7 Å². The smallest absolute Gasteiger partial charge is 0.262 e. The van der Waals surface area contributed by atoms with Gasteiger partial charge in [-0.1, -0.05) is 38.1 Å². The molecule has 2 amide bonds. The van der Waals surface area contributed by atoms with E-state index in [1.54, 1.807) is 24.4 Å². The molecule has 1 aliphatic rings. The SMILES string of the molecule is CCOc1ccc(/C=N\NC(=O)[C@H](NC(=O)c2ccc3c(c2)OCO3)C(C)C)c2ccccc12. The molecule has 4 rings (SSSR count). The molecule has 2 N–H and O–H groups in total. The Kier molecular flexibility index (Phi) is 6.96. The van der Waals surface area contributed by atoms with Gasteiger partial charge >= 0.3 is 0 Å². The molecule has 0 fully saturated rings. The van der Waals surface area contributed by atoms with Gasteiger partial charge in [0, 0.05) is 16.5 Å². The average molecular weight is 462 g/mol. The number of hydrogen-bond donors (Lipinski definition) is 2. The summed E-state index contributed by atoms with van der Waals surface area (Å²) in [5.74, 6) is 0.949. The Hall–Kier alpha value is -4.07. The fraction of sp³-hybridized carbons (Fsp3) is 0.269. The van der Waals surface area contributed by atoms with Crippen LogP contribution in [-0.4, -0.2) is 37.5 Å². The number of carbonyl (C=O) groups excluding carboxylic acids is 2. The second-order valence-electron chi connectivity index (χ2n) is 8.13. The summed E-state index contributed by atoms with van der Waals surface area (Å²) < 4.78 is 16.3. The monoisotopic (exact) mass is 461 g/mol. The minimum atomic E-state index is -0.771. The van der Waals surface area contributed by atoms with E-state index in [9.17, 15) is 9.59 Å². The summed E-state index contributed by atoms with van der Waals surface area (Å²) in [5.41, 5.74) is 3.77. The van der Waals surface area contributed by atoms with Crippen LogP contribution in [0.5, 0.6) is 17.2 Å². The van der Waals surface area contributed by atoms with E-state index in [2.05, 4.69) is 15.8 Å². The summed E-state index contributed by atoms with van der Waals surface area (Å²) in [6.07, 6.45) is 1.59. The first kappa shape index (κ1) is 23.1. The standard InChI is InChI=1S/C26H27N3O5/c1-4-32-21-11-10-18(19-7-5-6-8-20(19)21)14-27-29-26(31)24(16(2)3)28-25(30)17-9-12-22-23(13-17)34-15-33-22/h5-14,16,24H,4,15H2,1-3H3,(H,28,30)(H,29,31)/b27-14-/t24-/m1/s1. The molecule has 1 atom stereocenters. The fourth-order valence-electron chi connectivity index (χ4n) is 3.72. The third kappa shape index (κ3) is 4.96. The number of benzene rings is 3. The quantitative estimate of drug-likeness (QED) is 0.392. The van der Waals surface area contributed by atoms with Gasteiger partial charge in [-0.3, -0.25) is 9.59 Å². The molecule has 0 aromatic heterocycles. The highest BCUT2D eigenvalue weighted by atomic mass is 16.7. The topological polar surface area (TPSA) is 98.2 Å². The molecule has 0 unspecified atom stereocenters. The number of carbonyl (C=O) groups is 2. The van der Waals surface area contributed by atoms with Crippen molar-refractivity contribution in [3.05, 3.63) is 65.7 Å². The third-order valence-electron chi connectivity index (χ3n) is 5.47. The van der Waals surface area contributed by atoms with Crippen molar-refractivity contribution in [1.82, 2.24) is 10.7 Å². The van der Waals surface area contributed by atoms with E-state index in [0.717, 1.165) is 22.1 Å². The minimum Gasteiger partial charge on any atom is -0.493 e. The van der Waals surface area contributed by atoms with Crippen molar-refractivity contribution in [3.63, 3.8) is 0 Å². The molecule has 0 saturated heterocycles. The average Bonchev–Trinajstić information content (AvgIpc) is 3.31. The van der Waals surface area contributed by atoms with Crippen LogP contribution in [0.1, 0.15) is 36.7 Å². The van der Waals surface area contributed by atoms with Crippen molar-refractivity contribution in [1.29, 1.82) is 0 Å². The first-order chi connectivity index (χ1) is 16.5. The second kappa shape index (κ2) is 10.2. The number of fused-ring (bicyclic) bond motifs is 2. The van der Waals surface area contributed by atoms with Gasteiger partial charge in [0.05, 0.1) is 12.8 Å². The van der Waals surface area contributed by atoms with Gasteiger partial charge in [-0.15, -0.1) is 0 Å². The summed E-state index contributed by atoms with van der Waals surface area (Å²) >= 11 is 0. The van der Waals surface area contributed by atoms with E-state index in [4.69, 9.17) is 14.2 Å². The Balaban J connectivity index is 1.45. The lowest BCUT2D eigenvalue weighted by Crippen LogP contribution is -2.48. The van der Waals surface area contributed by atoms with Gasteiger partial charge in [-0.25, -0.2) is 5.43 Å². The van der Waals surface area contributed by atoms with Gasteiger partial charge < -0.3 is 19.5 Å². The highest BCUT2D eigenvalue weighted by molar-refractivity contribution is 6.03. The van der Waals surface area contributed by atoms with E-state index in [1.807, 2.05) is 57.2 Å². The van der Waals surface area contributed by atoms with Crippen LogP contribution in [0, 0.1) is 5.92 Å². The molecule has 0 spiro atoms. The number of ether oxygens (including phenoxy) is 3. The van der Waals surface area contributed by atoms with Crippen LogP contribution < -0.4 is 25.0 Å². The number of nitrogens with zero attached hydrogens (tertiary/aromatic N) is 1. The van der Waals surface area contributed by atoms with Crippen LogP contribution in [0.4, 0.5) is 0 Å². The Labute approximate surface area is 197 Å². The van der Waals surface area contributed by atoms with Crippen LogP contribution in [0.2, 0.25) is 0 Å². The van der Waals surface area contributed by atoms with E-state index < -0.39 is 11.9 Å². The van der Waals surface area contributed by atoms with E-state index in [1.165, 1.54) is 0 Å². The molecule has 8 nitrogen and oxygen atoms in total. The van der Waals surface area contributed by atoms with Crippen molar-refractivity contribution in [3.8, 4) is 17.2 Å². The molecule has 8 heteroatoms. The number of amides is 2. The molecule has 0 saturated carbocycles.